The third-order valence-electron chi connectivity index (χ3n) is 6.58. The van der Waals surface area contributed by atoms with Crippen LogP contribution in [0.2, 0.25) is 0 Å². The van der Waals surface area contributed by atoms with E-state index in [9.17, 15) is 9.59 Å². The number of Topliss-reactive ketones (excluding diaryl/α,β-unsaturated/α-hetero) is 1. The van der Waals surface area contributed by atoms with Crippen molar-refractivity contribution in [3.63, 3.8) is 0 Å². The number of carbonyl (C=O) groups is 2. The number of aromatic nitrogens is 1. The average Bonchev–Trinajstić information content (AvgIpc) is 3.25. The second-order valence-electron chi connectivity index (χ2n) is 8.86. The Kier molecular flexibility index (Phi) is 5.10. The number of ketones is 1. The maximum absolute atomic E-state index is 13.1. The van der Waals surface area contributed by atoms with Gasteiger partial charge in [0.1, 0.15) is 17.3 Å². The van der Waals surface area contributed by atoms with Gasteiger partial charge < -0.3 is 19.5 Å². The standard InChI is InChI=1S/C28H24N4O3/c1-18-10-11-24-20(16-18)27(30-23-8-4-5-9-25(23)35-24)31-12-14-32(15-13-31)28(34)26(33)21-17-29-22-7-3-2-6-19(21)22/h2-11,16-17,29H,12-15H2,1H3. The van der Waals surface area contributed by atoms with Gasteiger partial charge in [0, 0.05) is 43.3 Å². The summed E-state index contributed by atoms with van der Waals surface area (Å²) in [6, 6.07) is 21.3. The van der Waals surface area contributed by atoms with Crippen LogP contribution in [-0.2, 0) is 4.79 Å². The van der Waals surface area contributed by atoms with Crippen LogP contribution >= 0.6 is 0 Å². The Hall–Kier alpha value is -4.39. The number of amidine groups is 1. The number of H-pyrrole nitrogens is 1. The lowest BCUT2D eigenvalue weighted by atomic mass is 10.1. The van der Waals surface area contributed by atoms with E-state index in [0.717, 1.165) is 39.3 Å². The molecule has 4 aromatic rings. The molecule has 0 atom stereocenters. The quantitative estimate of drug-likeness (QED) is 0.345. The van der Waals surface area contributed by atoms with Crippen LogP contribution in [0.5, 0.6) is 11.5 Å². The number of aromatic amines is 1. The molecule has 6 rings (SSSR count). The number of hydrogen-bond donors (Lipinski definition) is 1. The van der Waals surface area contributed by atoms with E-state index >= 15 is 0 Å². The van der Waals surface area contributed by atoms with Crippen molar-refractivity contribution < 1.29 is 14.3 Å². The highest BCUT2D eigenvalue weighted by atomic mass is 16.5. The minimum atomic E-state index is -0.481. The number of fused-ring (bicyclic) bond motifs is 3. The van der Waals surface area contributed by atoms with Crippen LogP contribution in [-0.4, -0.2) is 58.5 Å². The van der Waals surface area contributed by atoms with Crippen LogP contribution < -0.4 is 4.74 Å². The zero-order valence-electron chi connectivity index (χ0n) is 19.3. The molecule has 35 heavy (non-hydrogen) atoms. The molecule has 0 bridgehead atoms. The summed E-state index contributed by atoms with van der Waals surface area (Å²) in [4.78, 5) is 38.0. The first-order valence-electron chi connectivity index (χ1n) is 11.7. The lowest BCUT2D eigenvalue weighted by Gasteiger charge is -2.36. The summed E-state index contributed by atoms with van der Waals surface area (Å²) in [6.07, 6.45) is 1.62. The van der Waals surface area contributed by atoms with Crippen molar-refractivity contribution in [2.45, 2.75) is 6.92 Å². The molecule has 1 N–H and O–H groups in total. The molecule has 0 aliphatic carbocycles. The molecule has 2 aliphatic rings. The van der Waals surface area contributed by atoms with Crippen molar-refractivity contribution >= 4 is 34.1 Å². The van der Waals surface area contributed by atoms with Crippen LogP contribution in [0.3, 0.4) is 0 Å². The maximum Gasteiger partial charge on any atom is 0.295 e. The van der Waals surface area contributed by atoms with E-state index in [1.807, 2.05) is 67.6 Å². The Labute approximate surface area is 202 Å². The number of para-hydroxylation sites is 3. The molecule has 0 radical (unpaired) electrons. The topological polar surface area (TPSA) is 78.0 Å². The number of amides is 1. The highest BCUT2D eigenvalue weighted by molar-refractivity contribution is 6.44. The molecular weight excluding hydrogens is 440 g/mol. The number of piperazine rings is 1. The molecule has 1 amide bonds. The fourth-order valence-electron chi connectivity index (χ4n) is 4.72. The summed E-state index contributed by atoms with van der Waals surface area (Å²) in [5, 5.41) is 0.767. The van der Waals surface area contributed by atoms with Gasteiger partial charge in [0.2, 0.25) is 0 Å². The number of rotatable bonds is 2. The van der Waals surface area contributed by atoms with E-state index in [-0.39, 0.29) is 0 Å². The van der Waals surface area contributed by atoms with Gasteiger partial charge >= 0.3 is 0 Å². The normalized spacial score (nSPS) is 15.1. The summed E-state index contributed by atoms with van der Waals surface area (Å²) in [5.41, 5.74) is 4.07. The van der Waals surface area contributed by atoms with E-state index in [1.54, 1.807) is 11.1 Å². The molecule has 174 valence electrons. The summed E-state index contributed by atoms with van der Waals surface area (Å²) in [5.74, 6) is 1.34. The van der Waals surface area contributed by atoms with Gasteiger partial charge in [-0.05, 0) is 37.3 Å². The number of nitrogens with one attached hydrogen (secondary N) is 1. The number of aryl methyl sites for hydroxylation is 1. The minimum absolute atomic E-state index is 0.416. The molecule has 7 heteroatoms. The van der Waals surface area contributed by atoms with Gasteiger partial charge in [0.05, 0.1) is 11.1 Å². The summed E-state index contributed by atoms with van der Waals surface area (Å²) in [7, 11) is 0. The third-order valence-corrected chi connectivity index (χ3v) is 6.58. The zero-order valence-corrected chi connectivity index (χ0v) is 19.3. The Bertz CT molecular complexity index is 1500. The summed E-state index contributed by atoms with van der Waals surface area (Å²) >= 11 is 0. The second-order valence-corrected chi connectivity index (χ2v) is 8.86. The van der Waals surface area contributed by atoms with Crippen LogP contribution in [0.4, 0.5) is 5.69 Å². The van der Waals surface area contributed by atoms with Crippen molar-refractivity contribution in [2.24, 2.45) is 4.99 Å². The highest BCUT2D eigenvalue weighted by Gasteiger charge is 2.31. The molecule has 2 aliphatic heterocycles. The van der Waals surface area contributed by atoms with Crippen LogP contribution in [0, 0.1) is 6.92 Å². The van der Waals surface area contributed by atoms with Crippen molar-refractivity contribution in [3.8, 4) is 11.5 Å². The Morgan fingerprint density at radius 1 is 0.914 bits per heavy atom. The Balaban J connectivity index is 1.24. The first kappa shape index (κ1) is 21.2. The highest BCUT2D eigenvalue weighted by Crippen LogP contribution is 2.38. The number of aliphatic imine (C=N–C) groups is 1. The molecule has 0 saturated carbocycles. The van der Waals surface area contributed by atoms with Crippen molar-refractivity contribution in [1.29, 1.82) is 0 Å². The molecule has 3 heterocycles. The second kappa shape index (κ2) is 8.43. The van der Waals surface area contributed by atoms with E-state index in [2.05, 4.69) is 16.0 Å². The fourth-order valence-corrected chi connectivity index (χ4v) is 4.72. The van der Waals surface area contributed by atoms with Gasteiger partial charge in [-0.25, -0.2) is 4.99 Å². The number of carbonyl (C=O) groups excluding carboxylic acids is 2. The van der Waals surface area contributed by atoms with Gasteiger partial charge in [-0.1, -0.05) is 42.0 Å². The fraction of sp³-hybridized carbons (Fsp3) is 0.179. The molecule has 1 aromatic heterocycles. The molecular formula is C28H24N4O3. The smallest absolute Gasteiger partial charge is 0.295 e. The van der Waals surface area contributed by atoms with Gasteiger partial charge in [-0.2, -0.15) is 0 Å². The van der Waals surface area contributed by atoms with Crippen LogP contribution in [0.15, 0.2) is 77.9 Å². The molecule has 0 unspecified atom stereocenters. The summed E-state index contributed by atoms with van der Waals surface area (Å²) in [6.45, 7) is 4.07. The number of hydrogen-bond acceptors (Lipinski definition) is 5. The molecule has 1 fully saturated rings. The van der Waals surface area contributed by atoms with Crippen LogP contribution in [0.1, 0.15) is 21.5 Å². The molecule has 3 aromatic carbocycles. The SMILES string of the molecule is Cc1ccc2c(c1)C(N1CCN(C(=O)C(=O)c3c[nH]c4ccccc34)CC1)=Nc1ccccc1O2. The lowest BCUT2D eigenvalue weighted by molar-refractivity contribution is -0.127. The summed E-state index contributed by atoms with van der Waals surface area (Å²) < 4.78 is 6.19. The first-order chi connectivity index (χ1) is 17.1. The third kappa shape index (κ3) is 3.75. The minimum Gasteiger partial charge on any atom is -0.454 e. The lowest BCUT2D eigenvalue weighted by Crippen LogP contribution is -2.52. The van der Waals surface area contributed by atoms with E-state index in [0.29, 0.717) is 37.5 Å². The predicted octanol–water partition coefficient (Wildman–Crippen LogP) is 4.69. The average molecular weight is 465 g/mol. The zero-order chi connectivity index (χ0) is 23.9. The van der Waals surface area contributed by atoms with Gasteiger partial charge in [0.25, 0.3) is 11.7 Å². The van der Waals surface area contributed by atoms with E-state index in [4.69, 9.17) is 9.73 Å². The van der Waals surface area contributed by atoms with Gasteiger partial charge in [-0.15, -0.1) is 0 Å². The van der Waals surface area contributed by atoms with Gasteiger partial charge in [-0.3, -0.25) is 9.59 Å². The van der Waals surface area contributed by atoms with E-state index in [1.165, 1.54) is 0 Å². The molecule has 0 spiro atoms. The largest absolute Gasteiger partial charge is 0.454 e. The Morgan fingerprint density at radius 2 is 1.69 bits per heavy atom. The van der Waals surface area contributed by atoms with E-state index < -0.39 is 11.7 Å². The maximum atomic E-state index is 13.1. The first-order valence-corrected chi connectivity index (χ1v) is 11.7. The monoisotopic (exact) mass is 464 g/mol. The van der Waals surface area contributed by atoms with Crippen molar-refractivity contribution in [3.05, 3.63) is 89.6 Å². The number of nitrogens with zero attached hydrogens (tertiary/aromatic N) is 3. The molecule has 7 nitrogen and oxygen atoms in total. The van der Waals surface area contributed by atoms with Gasteiger partial charge in [0.15, 0.2) is 5.75 Å². The Morgan fingerprint density at radius 3 is 2.54 bits per heavy atom. The van der Waals surface area contributed by atoms with Crippen LogP contribution in [0.25, 0.3) is 10.9 Å². The predicted molar refractivity (Wildman–Crippen MR) is 135 cm³/mol. The van der Waals surface area contributed by atoms with Crippen molar-refractivity contribution in [2.75, 3.05) is 26.2 Å². The molecule has 1 saturated heterocycles. The number of ether oxygens (including phenoxy) is 1. The number of benzene rings is 3. The van der Waals surface area contributed by atoms with Crippen molar-refractivity contribution in [1.82, 2.24) is 14.8 Å².